The Bertz CT molecular complexity index is 768. The SMILES string of the molecule is O=S(=O)(NCCOc1ccccc1F)c1cccc(Cl)c1Cl. The molecule has 0 unspecified atom stereocenters. The molecule has 1 N–H and O–H groups in total. The average Bonchev–Trinajstić information content (AvgIpc) is 2.48. The molecule has 4 nitrogen and oxygen atoms in total. The largest absolute Gasteiger partial charge is 0.489 e. The molecule has 0 saturated heterocycles. The van der Waals surface area contributed by atoms with Crippen LogP contribution in [0.2, 0.25) is 10.0 Å². The van der Waals surface area contributed by atoms with Gasteiger partial charge >= 0.3 is 0 Å². The molecule has 0 aromatic heterocycles. The molecule has 22 heavy (non-hydrogen) atoms. The molecule has 2 aromatic carbocycles. The molecule has 2 aromatic rings. The fraction of sp³-hybridized carbons (Fsp3) is 0.143. The van der Waals surface area contributed by atoms with Crippen molar-refractivity contribution >= 4 is 33.2 Å². The third kappa shape index (κ3) is 4.10. The Balaban J connectivity index is 1.96. The van der Waals surface area contributed by atoms with Crippen molar-refractivity contribution in [2.24, 2.45) is 0 Å². The van der Waals surface area contributed by atoms with E-state index in [1.807, 2.05) is 0 Å². The Labute approximate surface area is 137 Å². The quantitative estimate of drug-likeness (QED) is 0.799. The molecule has 2 rings (SSSR count). The van der Waals surface area contributed by atoms with Gasteiger partial charge in [-0.2, -0.15) is 0 Å². The van der Waals surface area contributed by atoms with Crippen molar-refractivity contribution in [1.82, 2.24) is 4.72 Å². The van der Waals surface area contributed by atoms with E-state index >= 15 is 0 Å². The first kappa shape index (κ1) is 17.0. The van der Waals surface area contributed by atoms with Gasteiger partial charge in [-0.05, 0) is 24.3 Å². The third-order valence-electron chi connectivity index (χ3n) is 2.69. The fourth-order valence-electron chi connectivity index (χ4n) is 1.67. The topological polar surface area (TPSA) is 55.4 Å². The summed E-state index contributed by atoms with van der Waals surface area (Å²) in [7, 11) is -3.82. The zero-order valence-electron chi connectivity index (χ0n) is 11.2. The van der Waals surface area contributed by atoms with Crippen LogP contribution in [0.5, 0.6) is 5.75 Å². The highest BCUT2D eigenvalue weighted by Gasteiger charge is 2.18. The fourth-order valence-corrected chi connectivity index (χ4v) is 3.44. The molecule has 0 aliphatic carbocycles. The molecule has 0 radical (unpaired) electrons. The number of hydrogen-bond donors (Lipinski definition) is 1. The van der Waals surface area contributed by atoms with E-state index < -0.39 is 15.8 Å². The molecule has 0 amide bonds. The minimum atomic E-state index is -3.82. The van der Waals surface area contributed by atoms with E-state index in [2.05, 4.69) is 4.72 Å². The first-order chi connectivity index (χ1) is 10.4. The number of ether oxygens (including phenoxy) is 1. The smallest absolute Gasteiger partial charge is 0.242 e. The lowest BCUT2D eigenvalue weighted by atomic mass is 10.3. The van der Waals surface area contributed by atoms with Gasteiger partial charge < -0.3 is 4.74 Å². The molecule has 0 aliphatic heterocycles. The molecular weight excluding hydrogens is 352 g/mol. The monoisotopic (exact) mass is 363 g/mol. The summed E-state index contributed by atoms with van der Waals surface area (Å²) < 4.78 is 45.0. The van der Waals surface area contributed by atoms with Gasteiger partial charge in [0, 0.05) is 6.54 Å². The minimum absolute atomic E-state index is 0.0294. The summed E-state index contributed by atoms with van der Waals surface area (Å²) in [6, 6.07) is 10.2. The van der Waals surface area contributed by atoms with E-state index in [0.717, 1.165) is 0 Å². The number of para-hydroxylation sites is 1. The van der Waals surface area contributed by atoms with Gasteiger partial charge in [-0.25, -0.2) is 17.5 Å². The molecular formula is C14H12Cl2FNO3S. The van der Waals surface area contributed by atoms with Gasteiger partial charge in [0.1, 0.15) is 11.5 Å². The van der Waals surface area contributed by atoms with E-state index in [1.165, 1.54) is 36.4 Å². The lowest BCUT2D eigenvalue weighted by molar-refractivity contribution is 0.306. The van der Waals surface area contributed by atoms with E-state index in [4.69, 9.17) is 27.9 Å². The van der Waals surface area contributed by atoms with E-state index in [0.29, 0.717) is 0 Å². The summed E-state index contributed by atoms with van der Waals surface area (Å²) in [5.41, 5.74) is 0. The Hall–Kier alpha value is -1.34. The molecule has 0 spiro atoms. The Morgan fingerprint density at radius 3 is 2.55 bits per heavy atom. The molecule has 0 bridgehead atoms. The lowest BCUT2D eigenvalue weighted by Crippen LogP contribution is -2.28. The van der Waals surface area contributed by atoms with Gasteiger partial charge in [-0.15, -0.1) is 0 Å². The zero-order valence-corrected chi connectivity index (χ0v) is 13.6. The Morgan fingerprint density at radius 2 is 1.82 bits per heavy atom. The van der Waals surface area contributed by atoms with Gasteiger partial charge in [-0.1, -0.05) is 41.4 Å². The summed E-state index contributed by atoms with van der Waals surface area (Å²) in [6.45, 7) is -0.0716. The van der Waals surface area contributed by atoms with Gasteiger partial charge in [-0.3, -0.25) is 0 Å². The van der Waals surface area contributed by atoms with Crippen molar-refractivity contribution in [3.8, 4) is 5.75 Å². The highest BCUT2D eigenvalue weighted by Crippen LogP contribution is 2.28. The normalized spacial score (nSPS) is 11.4. The molecule has 0 saturated carbocycles. The van der Waals surface area contributed by atoms with Crippen molar-refractivity contribution in [3.63, 3.8) is 0 Å². The van der Waals surface area contributed by atoms with Crippen molar-refractivity contribution in [1.29, 1.82) is 0 Å². The summed E-state index contributed by atoms with van der Waals surface area (Å²) in [6.07, 6.45) is 0. The molecule has 0 atom stereocenters. The van der Waals surface area contributed by atoms with Gasteiger partial charge in [0.25, 0.3) is 0 Å². The number of halogens is 3. The maximum absolute atomic E-state index is 13.3. The van der Waals surface area contributed by atoms with E-state index in [-0.39, 0.29) is 33.8 Å². The molecule has 0 fully saturated rings. The Morgan fingerprint density at radius 1 is 1.09 bits per heavy atom. The van der Waals surface area contributed by atoms with E-state index in [9.17, 15) is 12.8 Å². The first-order valence-corrected chi connectivity index (χ1v) is 8.47. The van der Waals surface area contributed by atoms with Gasteiger partial charge in [0.2, 0.25) is 10.0 Å². The average molecular weight is 364 g/mol. The van der Waals surface area contributed by atoms with Crippen LogP contribution in [-0.4, -0.2) is 21.6 Å². The zero-order chi connectivity index (χ0) is 16.2. The second kappa shape index (κ2) is 7.28. The second-order valence-corrected chi connectivity index (χ2v) is 6.75. The maximum Gasteiger partial charge on any atom is 0.242 e. The number of benzene rings is 2. The molecule has 118 valence electrons. The summed E-state index contributed by atoms with van der Waals surface area (Å²) in [5.74, 6) is -0.453. The van der Waals surface area contributed by atoms with Crippen molar-refractivity contribution < 1.29 is 17.5 Å². The molecule has 0 aliphatic rings. The van der Waals surface area contributed by atoms with Crippen molar-refractivity contribution in [3.05, 3.63) is 58.3 Å². The van der Waals surface area contributed by atoms with Crippen LogP contribution in [0.1, 0.15) is 0 Å². The van der Waals surface area contributed by atoms with Crippen LogP contribution in [0.15, 0.2) is 47.4 Å². The number of rotatable bonds is 6. The number of sulfonamides is 1. The number of nitrogens with one attached hydrogen (secondary N) is 1. The van der Waals surface area contributed by atoms with Crippen LogP contribution < -0.4 is 9.46 Å². The molecule has 8 heteroatoms. The Kier molecular flexibility index (Phi) is 5.63. The number of hydrogen-bond acceptors (Lipinski definition) is 3. The predicted octanol–water partition coefficient (Wildman–Crippen LogP) is 3.49. The van der Waals surface area contributed by atoms with Crippen molar-refractivity contribution in [2.45, 2.75) is 4.90 Å². The molecule has 0 heterocycles. The van der Waals surface area contributed by atoms with Crippen LogP contribution in [0.25, 0.3) is 0 Å². The van der Waals surface area contributed by atoms with Crippen LogP contribution in [-0.2, 0) is 10.0 Å². The van der Waals surface area contributed by atoms with Crippen molar-refractivity contribution in [2.75, 3.05) is 13.2 Å². The highest BCUT2D eigenvalue weighted by atomic mass is 35.5. The van der Waals surface area contributed by atoms with Crippen LogP contribution in [0.3, 0.4) is 0 Å². The second-order valence-electron chi connectivity index (χ2n) is 4.23. The predicted molar refractivity (Wildman–Crippen MR) is 83.5 cm³/mol. The maximum atomic E-state index is 13.3. The van der Waals surface area contributed by atoms with Gasteiger partial charge in [0.05, 0.1) is 10.0 Å². The minimum Gasteiger partial charge on any atom is -0.489 e. The summed E-state index contributed by atoms with van der Waals surface area (Å²) in [5, 5.41) is 0.0961. The highest BCUT2D eigenvalue weighted by molar-refractivity contribution is 7.89. The summed E-state index contributed by atoms with van der Waals surface area (Å²) >= 11 is 11.7. The standard InChI is InChI=1S/C14H12Cl2FNO3S/c15-10-4-3-7-13(14(10)16)22(19,20)18-8-9-21-12-6-2-1-5-11(12)17/h1-7,18H,8-9H2. The van der Waals surface area contributed by atoms with Crippen LogP contribution >= 0.6 is 23.2 Å². The first-order valence-electron chi connectivity index (χ1n) is 6.23. The van der Waals surface area contributed by atoms with E-state index in [1.54, 1.807) is 6.07 Å². The third-order valence-corrected chi connectivity index (χ3v) is 5.13. The summed E-state index contributed by atoms with van der Waals surface area (Å²) in [4.78, 5) is -0.118. The lowest BCUT2D eigenvalue weighted by Gasteiger charge is -2.10. The van der Waals surface area contributed by atoms with Gasteiger partial charge in [0.15, 0.2) is 11.6 Å². The van der Waals surface area contributed by atoms with Crippen LogP contribution in [0, 0.1) is 5.82 Å². The van der Waals surface area contributed by atoms with Crippen LogP contribution in [0.4, 0.5) is 4.39 Å².